The summed E-state index contributed by atoms with van der Waals surface area (Å²) >= 11 is 0. The molecular weight excluding hydrogens is 242 g/mol. The zero-order valence-electron chi connectivity index (χ0n) is 10.3. The zero-order chi connectivity index (χ0) is 13.7. The Morgan fingerprint density at radius 3 is 2.47 bits per heavy atom. The van der Waals surface area contributed by atoms with Crippen molar-refractivity contribution in [2.24, 2.45) is 0 Å². The zero-order valence-corrected chi connectivity index (χ0v) is 10.3. The van der Waals surface area contributed by atoms with Crippen molar-refractivity contribution in [3.05, 3.63) is 60.2 Å². The molecule has 0 saturated carbocycles. The smallest absolute Gasteiger partial charge is 0.345 e. The molecule has 4 heteroatoms. The van der Waals surface area contributed by atoms with E-state index in [0.29, 0.717) is 17.0 Å². The van der Waals surface area contributed by atoms with E-state index >= 15 is 0 Å². The van der Waals surface area contributed by atoms with E-state index in [1.807, 2.05) is 0 Å². The van der Waals surface area contributed by atoms with E-state index in [1.165, 1.54) is 6.92 Å². The molecule has 1 radical (unpaired) electrons. The molecule has 1 N–H and O–H groups in total. The first-order chi connectivity index (χ1) is 9.16. The molecule has 2 rings (SSSR count). The molecule has 0 heterocycles. The first kappa shape index (κ1) is 12.8. The van der Waals surface area contributed by atoms with Crippen LogP contribution in [0.2, 0.25) is 0 Å². The number of amides is 1. The lowest BCUT2D eigenvalue weighted by Crippen LogP contribution is -2.14. The van der Waals surface area contributed by atoms with Gasteiger partial charge in [0.1, 0.15) is 5.75 Å². The number of carbonyl (C=O) groups excluding carboxylic acids is 2. The molecule has 0 aromatic heterocycles. The van der Waals surface area contributed by atoms with Crippen LogP contribution >= 0.6 is 0 Å². The Labute approximate surface area is 111 Å². The summed E-state index contributed by atoms with van der Waals surface area (Å²) in [7, 11) is 0. The van der Waals surface area contributed by atoms with E-state index in [1.54, 1.807) is 48.5 Å². The quantitative estimate of drug-likeness (QED) is 0.676. The van der Waals surface area contributed by atoms with Gasteiger partial charge in [-0.15, -0.1) is 0 Å². The number of ether oxygens (including phenoxy) is 1. The van der Waals surface area contributed by atoms with E-state index in [4.69, 9.17) is 4.74 Å². The maximum Gasteiger partial charge on any atom is 0.345 e. The number of carbonyl (C=O) groups is 2. The average Bonchev–Trinajstić information content (AvgIpc) is 2.39. The van der Waals surface area contributed by atoms with Crippen molar-refractivity contribution in [1.82, 2.24) is 0 Å². The molecular formula is C15H12NO3. The lowest BCUT2D eigenvalue weighted by atomic mass is 10.2. The van der Waals surface area contributed by atoms with Gasteiger partial charge in [0, 0.05) is 6.92 Å². The van der Waals surface area contributed by atoms with Crippen LogP contribution in [0.4, 0.5) is 5.69 Å². The fourth-order valence-corrected chi connectivity index (χ4v) is 1.56. The summed E-state index contributed by atoms with van der Waals surface area (Å²) in [4.78, 5) is 23.1. The number of nitrogens with one attached hydrogen (secondary N) is 1. The molecule has 1 amide bonds. The number of anilines is 1. The monoisotopic (exact) mass is 254 g/mol. The van der Waals surface area contributed by atoms with E-state index < -0.39 is 5.97 Å². The second kappa shape index (κ2) is 5.82. The summed E-state index contributed by atoms with van der Waals surface area (Å²) in [6, 6.07) is 16.1. The number of para-hydroxylation sites is 1. The third-order valence-corrected chi connectivity index (χ3v) is 2.36. The Bertz CT molecular complexity index is 593. The lowest BCUT2D eigenvalue weighted by molar-refractivity contribution is -0.114. The van der Waals surface area contributed by atoms with Gasteiger partial charge in [-0.1, -0.05) is 24.3 Å². The molecule has 0 aliphatic heterocycles. The minimum Gasteiger partial charge on any atom is -0.423 e. The topological polar surface area (TPSA) is 55.4 Å². The Balaban J connectivity index is 2.21. The van der Waals surface area contributed by atoms with Crippen molar-refractivity contribution in [3.8, 4) is 5.75 Å². The predicted molar refractivity (Wildman–Crippen MR) is 71.0 cm³/mol. The Morgan fingerprint density at radius 2 is 1.79 bits per heavy atom. The van der Waals surface area contributed by atoms with Gasteiger partial charge < -0.3 is 10.1 Å². The molecule has 0 spiro atoms. The van der Waals surface area contributed by atoms with E-state index in [0.717, 1.165) is 0 Å². The predicted octanol–water partition coefficient (Wildman–Crippen LogP) is 2.66. The molecule has 19 heavy (non-hydrogen) atoms. The van der Waals surface area contributed by atoms with Crippen LogP contribution in [0.5, 0.6) is 5.75 Å². The van der Waals surface area contributed by atoms with Gasteiger partial charge in [0.25, 0.3) is 0 Å². The van der Waals surface area contributed by atoms with Gasteiger partial charge in [0.15, 0.2) is 0 Å². The highest BCUT2D eigenvalue weighted by atomic mass is 16.5. The molecule has 2 aromatic rings. The van der Waals surface area contributed by atoms with Crippen molar-refractivity contribution < 1.29 is 14.3 Å². The second-order valence-electron chi connectivity index (χ2n) is 3.85. The first-order valence-corrected chi connectivity index (χ1v) is 5.72. The minimum absolute atomic E-state index is 0.241. The van der Waals surface area contributed by atoms with Gasteiger partial charge >= 0.3 is 5.97 Å². The molecule has 4 nitrogen and oxygen atoms in total. The van der Waals surface area contributed by atoms with Crippen LogP contribution in [0.3, 0.4) is 0 Å². The van der Waals surface area contributed by atoms with E-state index in [9.17, 15) is 9.59 Å². The maximum atomic E-state index is 12.0. The summed E-state index contributed by atoms with van der Waals surface area (Å²) in [5, 5.41) is 2.59. The Hall–Kier alpha value is -2.62. The highest BCUT2D eigenvalue weighted by molar-refractivity contribution is 6.01. The fourth-order valence-electron chi connectivity index (χ4n) is 1.56. The highest BCUT2D eigenvalue weighted by Gasteiger charge is 2.13. The molecule has 0 fully saturated rings. The van der Waals surface area contributed by atoms with Crippen LogP contribution in [0, 0.1) is 6.07 Å². The van der Waals surface area contributed by atoms with Gasteiger partial charge in [0.05, 0.1) is 11.3 Å². The number of hydrogen-bond acceptors (Lipinski definition) is 3. The molecule has 0 aliphatic carbocycles. The molecule has 0 saturated heterocycles. The van der Waals surface area contributed by atoms with Gasteiger partial charge in [-0.05, 0) is 30.3 Å². The maximum absolute atomic E-state index is 12.0. The molecule has 95 valence electrons. The largest absolute Gasteiger partial charge is 0.423 e. The highest BCUT2D eigenvalue weighted by Crippen LogP contribution is 2.18. The van der Waals surface area contributed by atoms with Gasteiger partial charge in [-0.25, -0.2) is 4.79 Å². The normalized spacial score (nSPS) is 9.74. The number of benzene rings is 2. The van der Waals surface area contributed by atoms with Crippen molar-refractivity contribution >= 4 is 17.6 Å². The molecule has 0 atom stereocenters. The fraction of sp³-hybridized carbons (Fsp3) is 0.0667. The van der Waals surface area contributed by atoms with Crippen LogP contribution in [0.1, 0.15) is 17.3 Å². The number of rotatable bonds is 3. The first-order valence-electron chi connectivity index (χ1n) is 5.72. The van der Waals surface area contributed by atoms with Crippen LogP contribution in [-0.4, -0.2) is 11.9 Å². The Kier molecular flexibility index (Phi) is 3.93. The summed E-state index contributed by atoms with van der Waals surface area (Å²) in [5.41, 5.74) is 0.744. The van der Waals surface area contributed by atoms with Crippen molar-refractivity contribution in [2.75, 3.05) is 5.32 Å². The molecule has 0 unspecified atom stereocenters. The van der Waals surface area contributed by atoms with Crippen LogP contribution in [0.15, 0.2) is 48.5 Å². The third-order valence-electron chi connectivity index (χ3n) is 2.36. The minimum atomic E-state index is -0.518. The van der Waals surface area contributed by atoms with Crippen molar-refractivity contribution in [2.45, 2.75) is 6.92 Å². The summed E-state index contributed by atoms with van der Waals surface area (Å²) in [6.07, 6.45) is 0. The second-order valence-corrected chi connectivity index (χ2v) is 3.85. The van der Waals surface area contributed by atoms with Gasteiger partial charge in [-0.2, -0.15) is 0 Å². The number of esters is 1. The average molecular weight is 254 g/mol. The molecule has 0 aliphatic rings. The summed E-state index contributed by atoms with van der Waals surface area (Å²) in [5.74, 6) is -0.327. The van der Waals surface area contributed by atoms with Crippen LogP contribution in [-0.2, 0) is 4.79 Å². The van der Waals surface area contributed by atoms with Crippen LogP contribution < -0.4 is 10.1 Å². The summed E-state index contributed by atoms with van der Waals surface area (Å²) < 4.78 is 5.21. The Morgan fingerprint density at radius 1 is 1.11 bits per heavy atom. The third kappa shape index (κ3) is 3.42. The standard InChI is InChI=1S/C15H12NO3/c1-11(17)16-14-10-6-5-9-13(14)15(18)19-12-7-3-2-4-8-12/h3-10H,1H3,(H,16,17). The van der Waals surface area contributed by atoms with Crippen LogP contribution in [0.25, 0.3) is 0 Å². The van der Waals surface area contributed by atoms with Gasteiger partial charge in [0.2, 0.25) is 5.91 Å². The van der Waals surface area contributed by atoms with E-state index in [2.05, 4.69) is 11.4 Å². The summed E-state index contributed by atoms with van der Waals surface area (Å²) in [6.45, 7) is 1.38. The molecule has 2 aromatic carbocycles. The SMILES string of the molecule is CC(=O)Nc1ccccc1C(=O)Oc1cc[c]cc1. The lowest BCUT2D eigenvalue weighted by Gasteiger charge is -2.09. The van der Waals surface area contributed by atoms with Crippen molar-refractivity contribution in [1.29, 1.82) is 0 Å². The van der Waals surface area contributed by atoms with Crippen molar-refractivity contribution in [3.63, 3.8) is 0 Å². The van der Waals surface area contributed by atoms with E-state index in [-0.39, 0.29) is 5.91 Å². The van der Waals surface area contributed by atoms with Gasteiger partial charge in [-0.3, -0.25) is 4.79 Å². The number of hydrogen-bond donors (Lipinski definition) is 1. The molecule has 0 bridgehead atoms.